The molecule has 2 aromatic heterocycles. The van der Waals surface area contributed by atoms with Gasteiger partial charge in [-0.1, -0.05) is 6.92 Å². The van der Waals surface area contributed by atoms with Crippen LogP contribution in [0.15, 0.2) is 24.4 Å². The lowest BCUT2D eigenvalue weighted by Crippen LogP contribution is -1.98. The van der Waals surface area contributed by atoms with Crippen molar-refractivity contribution in [2.45, 2.75) is 13.3 Å². The lowest BCUT2D eigenvalue weighted by molar-refractivity contribution is 0.103. The highest BCUT2D eigenvalue weighted by molar-refractivity contribution is 7.14. The van der Waals surface area contributed by atoms with Crippen LogP contribution in [0.25, 0.3) is 0 Å². The van der Waals surface area contributed by atoms with Crippen LogP contribution in [-0.4, -0.2) is 16.0 Å². The van der Waals surface area contributed by atoms with Crippen LogP contribution in [-0.2, 0) is 6.42 Å². The Morgan fingerprint density at radius 3 is 2.93 bits per heavy atom. The van der Waals surface area contributed by atoms with Gasteiger partial charge in [-0.15, -0.1) is 11.3 Å². The van der Waals surface area contributed by atoms with Gasteiger partial charge in [-0.25, -0.2) is 0 Å². The molecule has 1 N–H and O–H groups in total. The second-order valence-corrected chi connectivity index (χ2v) is 4.09. The number of aromatic amines is 1. The maximum Gasteiger partial charge on any atom is 0.220 e. The lowest BCUT2D eigenvalue weighted by atomic mass is 10.2. The van der Waals surface area contributed by atoms with Crippen LogP contribution in [0.5, 0.6) is 0 Å². The minimum atomic E-state index is 0.0206. The summed E-state index contributed by atoms with van der Waals surface area (Å²) in [5.41, 5.74) is 0.550. The SMILES string of the molecule is CCc1ccc(C(=O)c2ccn[nH]2)s1. The summed E-state index contributed by atoms with van der Waals surface area (Å²) in [5, 5.41) is 6.42. The van der Waals surface area contributed by atoms with Crippen LogP contribution in [0.2, 0.25) is 0 Å². The van der Waals surface area contributed by atoms with E-state index in [1.807, 2.05) is 12.1 Å². The maximum atomic E-state index is 11.8. The fourth-order valence-corrected chi connectivity index (χ4v) is 2.11. The molecule has 0 aliphatic carbocycles. The molecule has 0 aromatic carbocycles. The Kier molecular flexibility index (Phi) is 2.45. The van der Waals surface area contributed by atoms with Gasteiger partial charge in [-0.05, 0) is 24.6 Å². The predicted octanol–water partition coefficient (Wildman–Crippen LogP) is 2.26. The number of nitrogens with one attached hydrogen (secondary N) is 1. The van der Waals surface area contributed by atoms with Crippen molar-refractivity contribution in [2.75, 3.05) is 0 Å². The van der Waals surface area contributed by atoms with Gasteiger partial charge in [0.25, 0.3) is 0 Å². The number of thiophene rings is 1. The molecular formula is C10H10N2OS. The molecule has 0 spiro atoms. The zero-order chi connectivity index (χ0) is 9.97. The first-order valence-corrected chi connectivity index (χ1v) is 5.25. The molecule has 0 aliphatic heterocycles. The number of carbonyl (C=O) groups excluding carboxylic acids is 1. The predicted molar refractivity (Wildman–Crippen MR) is 55.7 cm³/mol. The van der Waals surface area contributed by atoms with Crippen LogP contribution in [0, 0.1) is 0 Å². The Hall–Kier alpha value is -1.42. The Morgan fingerprint density at radius 1 is 1.50 bits per heavy atom. The van der Waals surface area contributed by atoms with Gasteiger partial charge in [0.1, 0.15) is 5.69 Å². The van der Waals surface area contributed by atoms with Crippen molar-refractivity contribution in [1.29, 1.82) is 0 Å². The van der Waals surface area contributed by atoms with E-state index in [1.54, 1.807) is 23.6 Å². The van der Waals surface area contributed by atoms with E-state index in [0.29, 0.717) is 5.69 Å². The molecule has 0 saturated carbocycles. The third-order valence-electron chi connectivity index (χ3n) is 1.98. The molecule has 2 aromatic rings. The van der Waals surface area contributed by atoms with Gasteiger partial charge in [0, 0.05) is 11.1 Å². The van der Waals surface area contributed by atoms with E-state index >= 15 is 0 Å². The highest BCUT2D eigenvalue weighted by Gasteiger charge is 2.12. The number of hydrogen-bond donors (Lipinski definition) is 1. The van der Waals surface area contributed by atoms with Gasteiger partial charge in [-0.3, -0.25) is 9.89 Å². The average Bonchev–Trinajstić information content (AvgIpc) is 2.88. The van der Waals surface area contributed by atoms with E-state index in [0.717, 1.165) is 11.3 Å². The molecule has 0 atom stereocenters. The Bertz CT molecular complexity index is 431. The van der Waals surface area contributed by atoms with E-state index in [-0.39, 0.29) is 5.78 Å². The number of aryl methyl sites for hydroxylation is 1. The standard InChI is InChI=1S/C10H10N2OS/c1-2-7-3-4-9(14-7)10(13)8-5-6-11-12-8/h3-6H,2H2,1H3,(H,11,12). The minimum absolute atomic E-state index is 0.0206. The van der Waals surface area contributed by atoms with Gasteiger partial charge in [0.15, 0.2) is 0 Å². The number of rotatable bonds is 3. The molecule has 0 aliphatic rings. The van der Waals surface area contributed by atoms with Crippen molar-refractivity contribution in [1.82, 2.24) is 10.2 Å². The summed E-state index contributed by atoms with van der Waals surface area (Å²) in [5.74, 6) is 0.0206. The number of H-pyrrole nitrogens is 1. The second kappa shape index (κ2) is 3.75. The third-order valence-corrected chi connectivity index (χ3v) is 3.21. The number of ketones is 1. The fourth-order valence-electron chi connectivity index (χ4n) is 1.21. The van der Waals surface area contributed by atoms with E-state index in [9.17, 15) is 4.79 Å². The van der Waals surface area contributed by atoms with Gasteiger partial charge in [0.05, 0.1) is 4.88 Å². The molecule has 2 rings (SSSR count). The summed E-state index contributed by atoms with van der Waals surface area (Å²) in [7, 11) is 0. The molecule has 2 heterocycles. The summed E-state index contributed by atoms with van der Waals surface area (Å²) in [6.45, 7) is 2.08. The van der Waals surface area contributed by atoms with Crippen molar-refractivity contribution >= 4 is 17.1 Å². The number of carbonyl (C=O) groups is 1. The van der Waals surface area contributed by atoms with Crippen LogP contribution in [0.3, 0.4) is 0 Å². The summed E-state index contributed by atoms with van der Waals surface area (Å²) >= 11 is 1.54. The Morgan fingerprint density at radius 2 is 2.36 bits per heavy atom. The molecule has 0 amide bonds. The topological polar surface area (TPSA) is 45.8 Å². The monoisotopic (exact) mass is 206 g/mol. The first kappa shape index (κ1) is 9.15. The molecule has 0 fully saturated rings. The highest BCUT2D eigenvalue weighted by Crippen LogP contribution is 2.19. The molecular weight excluding hydrogens is 196 g/mol. The Labute approximate surface area is 85.8 Å². The summed E-state index contributed by atoms with van der Waals surface area (Å²) in [6, 6.07) is 5.55. The Balaban J connectivity index is 2.28. The van der Waals surface area contributed by atoms with E-state index in [1.165, 1.54) is 4.88 Å². The quantitative estimate of drug-likeness (QED) is 0.783. The average molecular weight is 206 g/mol. The summed E-state index contributed by atoms with van der Waals surface area (Å²) < 4.78 is 0. The molecule has 0 saturated heterocycles. The minimum Gasteiger partial charge on any atom is -0.286 e. The second-order valence-electron chi connectivity index (χ2n) is 2.92. The van der Waals surface area contributed by atoms with Gasteiger partial charge in [-0.2, -0.15) is 5.10 Å². The van der Waals surface area contributed by atoms with Crippen molar-refractivity contribution in [3.05, 3.63) is 39.8 Å². The third kappa shape index (κ3) is 1.61. The normalized spacial score (nSPS) is 10.4. The van der Waals surface area contributed by atoms with Crippen molar-refractivity contribution in [3.63, 3.8) is 0 Å². The zero-order valence-corrected chi connectivity index (χ0v) is 8.60. The summed E-state index contributed by atoms with van der Waals surface area (Å²) in [4.78, 5) is 13.8. The van der Waals surface area contributed by atoms with Crippen LogP contribution >= 0.6 is 11.3 Å². The number of nitrogens with zero attached hydrogens (tertiary/aromatic N) is 1. The largest absolute Gasteiger partial charge is 0.286 e. The number of aromatic nitrogens is 2. The molecule has 14 heavy (non-hydrogen) atoms. The van der Waals surface area contributed by atoms with Crippen LogP contribution < -0.4 is 0 Å². The molecule has 3 nitrogen and oxygen atoms in total. The summed E-state index contributed by atoms with van der Waals surface area (Å²) in [6.07, 6.45) is 2.56. The smallest absolute Gasteiger partial charge is 0.220 e. The van der Waals surface area contributed by atoms with Gasteiger partial charge >= 0.3 is 0 Å². The maximum absolute atomic E-state index is 11.8. The fraction of sp³-hybridized carbons (Fsp3) is 0.200. The first-order valence-electron chi connectivity index (χ1n) is 4.44. The van der Waals surface area contributed by atoms with Gasteiger partial charge < -0.3 is 0 Å². The first-order chi connectivity index (χ1) is 6.81. The molecule has 0 unspecified atom stereocenters. The van der Waals surface area contributed by atoms with E-state index in [2.05, 4.69) is 17.1 Å². The molecule has 72 valence electrons. The number of hydrogen-bond acceptors (Lipinski definition) is 3. The molecule has 4 heteroatoms. The molecule has 0 bridgehead atoms. The van der Waals surface area contributed by atoms with E-state index < -0.39 is 0 Å². The lowest BCUT2D eigenvalue weighted by Gasteiger charge is -1.91. The van der Waals surface area contributed by atoms with Crippen molar-refractivity contribution in [2.24, 2.45) is 0 Å². The zero-order valence-electron chi connectivity index (χ0n) is 7.78. The van der Waals surface area contributed by atoms with Crippen LogP contribution in [0.1, 0.15) is 27.2 Å². The van der Waals surface area contributed by atoms with Gasteiger partial charge in [0.2, 0.25) is 5.78 Å². The van der Waals surface area contributed by atoms with Crippen molar-refractivity contribution in [3.8, 4) is 0 Å². The van der Waals surface area contributed by atoms with Crippen molar-refractivity contribution < 1.29 is 4.79 Å². The highest BCUT2D eigenvalue weighted by atomic mass is 32.1. The van der Waals surface area contributed by atoms with E-state index in [4.69, 9.17) is 0 Å². The van der Waals surface area contributed by atoms with Crippen LogP contribution in [0.4, 0.5) is 0 Å². The molecule has 0 radical (unpaired) electrons.